The van der Waals surface area contributed by atoms with E-state index in [-0.39, 0.29) is 0 Å². The number of benzene rings is 1. The molecule has 1 fully saturated rings. The number of morpholine rings is 1. The monoisotopic (exact) mass is 276 g/mol. The second-order valence-electron chi connectivity index (χ2n) is 5.85. The van der Waals surface area contributed by atoms with E-state index in [1.807, 2.05) is 0 Å². The van der Waals surface area contributed by atoms with E-state index < -0.39 is 0 Å². The first-order valence-corrected chi connectivity index (χ1v) is 7.72. The van der Waals surface area contributed by atoms with Crippen molar-refractivity contribution in [3.63, 3.8) is 0 Å². The average Bonchev–Trinajstić information content (AvgIpc) is 2.48. The van der Waals surface area contributed by atoms with E-state index >= 15 is 0 Å². The molecule has 0 bridgehead atoms. The summed E-state index contributed by atoms with van der Waals surface area (Å²) in [4.78, 5) is 2.52. The largest absolute Gasteiger partial charge is 0.376 e. The third-order valence-electron chi connectivity index (χ3n) is 4.40. The topological polar surface area (TPSA) is 24.5 Å². The van der Waals surface area contributed by atoms with E-state index in [0.717, 1.165) is 32.7 Å². The van der Waals surface area contributed by atoms with Crippen LogP contribution in [-0.4, -0.2) is 44.3 Å². The third-order valence-corrected chi connectivity index (χ3v) is 4.40. The highest BCUT2D eigenvalue weighted by atomic mass is 16.5. The highest BCUT2D eigenvalue weighted by Crippen LogP contribution is 2.19. The Morgan fingerprint density at radius 2 is 2.15 bits per heavy atom. The van der Waals surface area contributed by atoms with Gasteiger partial charge in [-0.05, 0) is 44.0 Å². The Hall–Kier alpha value is -0.900. The normalized spacial score (nSPS) is 21.9. The molecule has 1 aromatic carbocycles. The summed E-state index contributed by atoms with van der Waals surface area (Å²) in [6.07, 6.45) is 1.51. The Balaban J connectivity index is 2.02. The van der Waals surface area contributed by atoms with Crippen LogP contribution < -0.4 is 5.32 Å². The zero-order valence-electron chi connectivity index (χ0n) is 13.3. The molecule has 0 radical (unpaired) electrons. The summed E-state index contributed by atoms with van der Waals surface area (Å²) in [5.74, 6) is 0. The molecule has 112 valence electrons. The van der Waals surface area contributed by atoms with Crippen LogP contribution in [0.15, 0.2) is 18.2 Å². The molecule has 3 heteroatoms. The van der Waals surface area contributed by atoms with E-state index in [2.05, 4.69) is 56.2 Å². The first kappa shape index (κ1) is 15.5. The first-order valence-electron chi connectivity index (χ1n) is 7.72. The van der Waals surface area contributed by atoms with Crippen molar-refractivity contribution in [1.82, 2.24) is 10.2 Å². The minimum absolute atomic E-state index is 0.393. The molecule has 1 aromatic rings. The molecule has 2 unspecified atom stereocenters. The Morgan fingerprint density at radius 3 is 2.80 bits per heavy atom. The van der Waals surface area contributed by atoms with Gasteiger partial charge in [0.25, 0.3) is 0 Å². The maximum absolute atomic E-state index is 5.75. The van der Waals surface area contributed by atoms with E-state index in [1.165, 1.54) is 16.7 Å². The smallest absolute Gasteiger partial charge is 0.0700 e. The van der Waals surface area contributed by atoms with Crippen LogP contribution in [0.2, 0.25) is 0 Å². The third kappa shape index (κ3) is 3.81. The molecule has 1 aliphatic rings. The first-order chi connectivity index (χ1) is 9.63. The van der Waals surface area contributed by atoms with Gasteiger partial charge >= 0.3 is 0 Å². The van der Waals surface area contributed by atoms with Gasteiger partial charge in [0.2, 0.25) is 0 Å². The minimum Gasteiger partial charge on any atom is -0.376 e. The predicted molar refractivity (Wildman–Crippen MR) is 84.2 cm³/mol. The summed E-state index contributed by atoms with van der Waals surface area (Å²) in [7, 11) is 2.05. The maximum Gasteiger partial charge on any atom is 0.0700 e. The van der Waals surface area contributed by atoms with Gasteiger partial charge in [-0.25, -0.2) is 0 Å². The number of hydrogen-bond acceptors (Lipinski definition) is 3. The Bertz CT molecular complexity index is 433. The summed E-state index contributed by atoms with van der Waals surface area (Å²) in [5, 5.41) is 3.46. The molecule has 0 spiro atoms. The molecule has 1 heterocycles. The summed E-state index contributed by atoms with van der Waals surface area (Å²) < 4.78 is 5.75. The van der Waals surface area contributed by atoms with Crippen molar-refractivity contribution >= 4 is 0 Å². The van der Waals surface area contributed by atoms with E-state index in [4.69, 9.17) is 4.74 Å². The number of rotatable bonds is 5. The number of aryl methyl sites for hydroxylation is 2. The van der Waals surface area contributed by atoms with Gasteiger partial charge in [0.05, 0.1) is 12.7 Å². The Kier molecular flexibility index (Phi) is 5.58. The quantitative estimate of drug-likeness (QED) is 0.895. The van der Waals surface area contributed by atoms with Crippen molar-refractivity contribution in [2.75, 3.05) is 33.3 Å². The maximum atomic E-state index is 5.75. The lowest BCUT2D eigenvalue weighted by Crippen LogP contribution is -2.45. The Morgan fingerprint density at radius 1 is 1.35 bits per heavy atom. The summed E-state index contributed by atoms with van der Waals surface area (Å²) in [6, 6.07) is 7.18. The van der Waals surface area contributed by atoms with Gasteiger partial charge < -0.3 is 10.1 Å². The van der Waals surface area contributed by atoms with Crippen LogP contribution in [0, 0.1) is 13.8 Å². The van der Waals surface area contributed by atoms with Crippen LogP contribution in [0.25, 0.3) is 0 Å². The van der Waals surface area contributed by atoms with E-state index in [9.17, 15) is 0 Å². The second kappa shape index (κ2) is 7.21. The number of ether oxygens (including phenoxy) is 1. The van der Waals surface area contributed by atoms with Gasteiger partial charge in [0, 0.05) is 25.7 Å². The molecule has 0 amide bonds. The van der Waals surface area contributed by atoms with Crippen LogP contribution in [0.5, 0.6) is 0 Å². The van der Waals surface area contributed by atoms with E-state index in [0.29, 0.717) is 12.1 Å². The molecule has 0 aliphatic carbocycles. The molecule has 3 nitrogen and oxygen atoms in total. The lowest BCUT2D eigenvalue weighted by atomic mass is 10.0. The van der Waals surface area contributed by atoms with Gasteiger partial charge in [0.15, 0.2) is 0 Å². The number of nitrogens with zero attached hydrogens (tertiary/aromatic N) is 1. The average molecular weight is 276 g/mol. The van der Waals surface area contributed by atoms with E-state index in [1.54, 1.807) is 0 Å². The predicted octanol–water partition coefficient (Wildman–Crippen LogP) is 2.67. The van der Waals surface area contributed by atoms with Gasteiger partial charge in [-0.2, -0.15) is 0 Å². The molecule has 0 saturated carbocycles. The van der Waals surface area contributed by atoms with Crippen LogP contribution in [0.1, 0.15) is 36.1 Å². The minimum atomic E-state index is 0.393. The fourth-order valence-corrected chi connectivity index (χ4v) is 2.80. The van der Waals surface area contributed by atoms with Crippen LogP contribution in [0.4, 0.5) is 0 Å². The number of likely N-dealkylation sites (N-methyl/N-ethyl adjacent to an activating group) is 1. The van der Waals surface area contributed by atoms with Crippen molar-refractivity contribution in [2.24, 2.45) is 0 Å². The van der Waals surface area contributed by atoms with Crippen molar-refractivity contribution in [2.45, 2.75) is 39.3 Å². The van der Waals surface area contributed by atoms with Crippen LogP contribution in [-0.2, 0) is 4.74 Å². The van der Waals surface area contributed by atoms with Crippen molar-refractivity contribution < 1.29 is 4.74 Å². The standard InChI is InChI=1S/C17H28N2O/c1-5-16-11-19(8-9-20-16)12-17(18-4)15-7-6-13(2)14(3)10-15/h6-7,10,16-18H,5,8-9,11-12H2,1-4H3. The Labute approximate surface area is 123 Å². The SMILES string of the molecule is CCC1CN(CC(NC)c2ccc(C)c(C)c2)CCO1. The summed E-state index contributed by atoms with van der Waals surface area (Å²) >= 11 is 0. The molecule has 1 aliphatic heterocycles. The molecule has 1 N–H and O–H groups in total. The summed E-state index contributed by atoms with van der Waals surface area (Å²) in [5.41, 5.74) is 4.12. The number of hydrogen-bond donors (Lipinski definition) is 1. The van der Waals surface area contributed by atoms with Crippen molar-refractivity contribution in [3.05, 3.63) is 34.9 Å². The lowest BCUT2D eigenvalue weighted by Gasteiger charge is -2.35. The van der Waals surface area contributed by atoms with Gasteiger partial charge in [-0.1, -0.05) is 25.1 Å². The fourth-order valence-electron chi connectivity index (χ4n) is 2.80. The molecule has 2 rings (SSSR count). The zero-order valence-corrected chi connectivity index (χ0v) is 13.3. The van der Waals surface area contributed by atoms with Gasteiger partial charge in [-0.15, -0.1) is 0 Å². The van der Waals surface area contributed by atoms with Crippen LogP contribution in [0.3, 0.4) is 0 Å². The van der Waals surface area contributed by atoms with Gasteiger partial charge in [0.1, 0.15) is 0 Å². The molecule has 2 atom stereocenters. The van der Waals surface area contributed by atoms with Crippen LogP contribution >= 0.6 is 0 Å². The van der Waals surface area contributed by atoms with Crippen molar-refractivity contribution in [3.8, 4) is 0 Å². The highest BCUT2D eigenvalue weighted by Gasteiger charge is 2.22. The zero-order chi connectivity index (χ0) is 14.5. The van der Waals surface area contributed by atoms with Gasteiger partial charge in [-0.3, -0.25) is 4.90 Å². The molecule has 20 heavy (non-hydrogen) atoms. The lowest BCUT2D eigenvalue weighted by molar-refractivity contribution is -0.0320. The number of nitrogens with one attached hydrogen (secondary N) is 1. The second-order valence-corrected chi connectivity index (χ2v) is 5.85. The molecular formula is C17H28N2O. The fraction of sp³-hybridized carbons (Fsp3) is 0.647. The van der Waals surface area contributed by atoms with Crippen molar-refractivity contribution in [1.29, 1.82) is 0 Å². The summed E-state index contributed by atoms with van der Waals surface area (Å²) in [6.45, 7) is 10.6. The molecular weight excluding hydrogens is 248 g/mol. The molecule has 0 aromatic heterocycles. The molecule has 1 saturated heterocycles. The highest BCUT2D eigenvalue weighted by molar-refractivity contribution is 5.31.